The van der Waals surface area contributed by atoms with Gasteiger partial charge >= 0.3 is 0 Å². The molecule has 2 aromatic carbocycles. The van der Waals surface area contributed by atoms with Gasteiger partial charge in [0.2, 0.25) is 0 Å². The average molecular weight is 266 g/mol. The van der Waals surface area contributed by atoms with Crippen molar-refractivity contribution in [3.63, 3.8) is 0 Å². The second kappa shape index (κ2) is 4.02. The van der Waals surface area contributed by atoms with Crippen molar-refractivity contribution in [3.05, 3.63) is 59.8 Å². The number of aromatic hydroxyl groups is 1. The molecule has 100 valence electrons. The molecule has 1 aliphatic rings. The number of rotatable bonds is 1. The molecule has 0 spiro atoms. The van der Waals surface area contributed by atoms with Crippen LogP contribution in [0.1, 0.15) is 23.4 Å². The van der Waals surface area contributed by atoms with Gasteiger partial charge in [0.05, 0.1) is 5.69 Å². The molecule has 1 aromatic heterocycles. The lowest BCUT2D eigenvalue weighted by Gasteiger charge is -2.14. The molecule has 0 saturated heterocycles. The van der Waals surface area contributed by atoms with Gasteiger partial charge in [0.25, 0.3) is 0 Å². The van der Waals surface area contributed by atoms with Crippen molar-refractivity contribution in [2.45, 2.75) is 12.1 Å². The van der Waals surface area contributed by atoms with E-state index in [-0.39, 0.29) is 11.8 Å². The summed E-state index contributed by atoms with van der Waals surface area (Å²) < 4.78 is 0. The van der Waals surface area contributed by atoms with Crippen LogP contribution in [-0.4, -0.2) is 15.2 Å². The molecule has 20 heavy (non-hydrogen) atoms. The smallest absolute Gasteiger partial charge is 0.146 e. The Morgan fingerprint density at radius 3 is 2.50 bits per heavy atom. The highest BCUT2D eigenvalue weighted by Crippen LogP contribution is 2.45. The minimum Gasteiger partial charge on any atom is -0.505 e. The van der Waals surface area contributed by atoms with E-state index in [1.165, 1.54) is 0 Å². The van der Waals surface area contributed by atoms with E-state index in [1.54, 1.807) is 0 Å². The second-order valence-corrected chi connectivity index (χ2v) is 5.09. The van der Waals surface area contributed by atoms with Gasteiger partial charge in [-0.25, -0.2) is 0 Å². The Morgan fingerprint density at radius 1 is 0.950 bits per heavy atom. The lowest BCUT2D eigenvalue weighted by atomic mass is 10.0. The van der Waals surface area contributed by atoms with Gasteiger partial charge in [-0.3, -0.25) is 0 Å². The molecule has 0 fully saturated rings. The first-order valence-electron chi connectivity index (χ1n) is 6.59. The molecule has 4 nitrogen and oxygen atoms in total. The van der Waals surface area contributed by atoms with Crippen LogP contribution in [0.5, 0.6) is 5.75 Å². The molecule has 0 aliphatic carbocycles. The molecule has 2 unspecified atom stereocenters. The maximum Gasteiger partial charge on any atom is 0.146 e. The van der Waals surface area contributed by atoms with Crippen LogP contribution in [0.4, 0.5) is 5.69 Å². The summed E-state index contributed by atoms with van der Waals surface area (Å²) in [4.78, 5) is 3.20. The third-order valence-electron chi connectivity index (χ3n) is 3.92. The zero-order chi connectivity index (χ0) is 13.7. The van der Waals surface area contributed by atoms with Gasteiger partial charge in [-0.05, 0) is 18.2 Å². The first-order valence-corrected chi connectivity index (χ1v) is 6.59. The first kappa shape index (κ1) is 11.4. The minimum absolute atomic E-state index is 0.199. The number of H-pyrrole nitrogens is 1. The monoisotopic (exact) mass is 266 g/mol. The molecule has 0 bridgehead atoms. The number of aromatic nitrogens is 1. The lowest BCUT2D eigenvalue weighted by Crippen LogP contribution is -2.11. The number of fused-ring (bicyclic) bond motifs is 2. The number of hydrogen-bond acceptors (Lipinski definition) is 3. The predicted octanol–water partition coefficient (Wildman–Crippen LogP) is 3.07. The number of para-hydroxylation sites is 2. The van der Waals surface area contributed by atoms with Crippen LogP contribution in [0.3, 0.4) is 0 Å². The van der Waals surface area contributed by atoms with Crippen molar-refractivity contribution in [2.24, 2.45) is 0 Å². The van der Waals surface area contributed by atoms with Crippen LogP contribution in [0.25, 0.3) is 10.9 Å². The summed E-state index contributed by atoms with van der Waals surface area (Å²) in [5.41, 5.74) is 3.25. The van der Waals surface area contributed by atoms with E-state index in [2.05, 4.69) is 10.3 Å². The number of aromatic amines is 1. The van der Waals surface area contributed by atoms with Gasteiger partial charge in [0, 0.05) is 22.2 Å². The van der Waals surface area contributed by atoms with Crippen molar-refractivity contribution in [2.75, 3.05) is 5.32 Å². The van der Waals surface area contributed by atoms with E-state index in [9.17, 15) is 10.2 Å². The van der Waals surface area contributed by atoms with Crippen LogP contribution in [0, 0.1) is 0 Å². The predicted molar refractivity (Wildman–Crippen MR) is 77.7 cm³/mol. The Bertz CT molecular complexity index is 794. The maximum absolute atomic E-state index is 10.5. The van der Waals surface area contributed by atoms with E-state index < -0.39 is 6.10 Å². The van der Waals surface area contributed by atoms with Crippen LogP contribution in [0.15, 0.2) is 48.5 Å². The fourth-order valence-electron chi connectivity index (χ4n) is 2.92. The van der Waals surface area contributed by atoms with Gasteiger partial charge in [0.1, 0.15) is 17.9 Å². The zero-order valence-electron chi connectivity index (χ0n) is 10.7. The highest BCUT2D eigenvalue weighted by molar-refractivity contribution is 5.88. The third kappa shape index (κ3) is 1.45. The largest absolute Gasteiger partial charge is 0.505 e. The zero-order valence-corrected chi connectivity index (χ0v) is 10.7. The second-order valence-electron chi connectivity index (χ2n) is 5.09. The summed E-state index contributed by atoms with van der Waals surface area (Å²) in [6, 6.07) is 14.8. The highest BCUT2D eigenvalue weighted by Gasteiger charge is 2.34. The maximum atomic E-state index is 10.5. The van der Waals surface area contributed by atoms with E-state index in [1.807, 2.05) is 48.5 Å². The SMILES string of the molecule is Oc1c(C2Nc3ccccc3C2O)[nH]c2ccccc12. The highest BCUT2D eigenvalue weighted by atomic mass is 16.3. The van der Waals surface area contributed by atoms with Gasteiger partial charge < -0.3 is 20.5 Å². The average Bonchev–Trinajstić information content (AvgIpc) is 2.98. The molecule has 4 heteroatoms. The first-order chi connectivity index (χ1) is 9.75. The minimum atomic E-state index is -0.676. The summed E-state index contributed by atoms with van der Waals surface area (Å²) in [5, 5.41) is 24.8. The molecular formula is C16H14N2O2. The van der Waals surface area contributed by atoms with Crippen molar-refractivity contribution in [1.29, 1.82) is 0 Å². The number of nitrogens with one attached hydrogen (secondary N) is 2. The van der Waals surface area contributed by atoms with Crippen LogP contribution >= 0.6 is 0 Å². The quantitative estimate of drug-likeness (QED) is 0.547. The molecule has 3 aromatic rings. The van der Waals surface area contributed by atoms with Crippen molar-refractivity contribution in [1.82, 2.24) is 4.98 Å². The normalized spacial score (nSPS) is 20.9. The van der Waals surface area contributed by atoms with E-state index in [0.29, 0.717) is 5.69 Å². The van der Waals surface area contributed by atoms with Crippen LogP contribution < -0.4 is 5.32 Å². The van der Waals surface area contributed by atoms with Gasteiger partial charge in [-0.2, -0.15) is 0 Å². The van der Waals surface area contributed by atoms with E-state index in [4.69, 9.17) is 0 Å². The van der Waals surface area contributed by atoms with Gasteiger partial charge in [0.15, 0.2) is 0 Å². The Morgan fingerprint density at radius 2 is 1.70 bits per heavy atom. The standard InChI is InChI=1S/C16H14N2O2/c19-15-9-5-1-3-7-11(9)17-13(15)14-16(20)10-6-2-4-8-12(10)18-14/h1-8,13,15,17-20H. The molecule has 0 radical (unpaired) electrons. The molecule has 2 atom stereocenters. The van der Waals surface area contributed by atoms with Crippen molar-refractivity contribution >= 4 is 16.6 Å². The molecular weight excluding hydrogens is 252 g/mol. The van der Waals surface area contributed by atoms with Crippen molar-refractivity contribution < 1.29 is 10.2 Å². The van der Waals surface area contributed by atoms with Crippen molar-refractivity contribution in [3.8, 4) is 5.75 Å². The number of anilines is 1. The molecule has 1 aliphatic heterocycles. The molecule has 0 saturated carbocycles. The lowest BCUT2D eigenvalue weighted by molar-refractivity contribution is 0.162. The number of aliphatic hydroxyl groups is 1. The molecule has 4 rings (SSSR count). The Balaban J connectivity index is 1.84. The molecule has 4 N–H and O–H groups in total. The Labute approximate surface area is 115 Å². The number of aliphatic hydroxyl groups excluding tert-OH is 1. The van der Waals surface area contributed by atoms with Crippen LogP contribution in [-0.2, 0) is 0 Å². The summed E-state index contributed by atoms with van der Waals surface area (Å²) in [5.74, 6) is 0.199. The number of benzene rings is 2. The Kier molecular flexibility index (Phi) is 2.28. The summed E-state index contributed by atoms with van der Waals surface area (Å²) in [6.07, 6.45) is -0.676. The number of hydrogen-bond donors (Lipinski definition) is 4. The van der Waals surface area contributed by atoms with E-state index in [0.717, 1.165) is 22.2 Å². The third-order valence-corrected chi connectivity index (χ3v) is 3.92. The fraction of sp³-hybridized carbons (Fsp3) is 0.125. The van der Waals surface area contributed by atoms with Gasteiger partial charge in [-0.1, -0.05) is 30.3 Å². The summed E-state index contributed by atoms with van der Waals surface area (Å²) in [7, 11) is 0. The topological polar surface area (TPSA) is 68.3 Å². The molecule has 0 amide bonds. The Hall–Kier alpha value is -2.46. The van der Waals surface area contributed by atoms with E-state index >= 15 is 0 Å². The fourth-order valence-corrected chi connectivity index (χ4v) is 2.92. The molecule has 2 heterocycles. The summed E-state index contributed by atoms with van der Waals surface area (Å²) >= 11 is 0. The summed E-state index contributed by atoms with van der Waals surface area (Å²) in [6.45, 7) is 0. The van der Waals surface area contributed by atoms with Crippen LogP contribution in [0.2, 0.25) is 0 Å². The van der Waals surface area contributed by atoms with Gasteiger partial charge in [-0.15, -0.1) is 0 Å².